The minimum absolute atomic E-state index is 0.147. The maximum absolute atomic E-state index is 12.9. The molecule has 1 atom stereocenters. The van der Waals surface area contributed by atoms with E-state index in [-0.39, 0.29) is 11.8 Å². The van der Waals surface area contributed by atoms with Crippen LogP contribution in [0.3, 0.4) is 0 Å². The third-order valence-electron chi connectivity index (χ3n) is 3.99. The number of ether oxygens (including phenoxy) is 1. The monoisotopic (exact) mass is 339 g/mol. The topological polar surface area (TPSA) is 29.5 Å². The Labute approximate surface area is 129 Å². The van der Waals surface area contributed by atoms with Crippen LogP contribution in [0.4, 0.5) is 0 Å². The summed E-state index contributed by atoms with van der Waals surface area (Å²) in [5, 5.41) is 0.810. The summed E-state index contributed by atoms with van der Waals surface area (Å²) in [6, 6.07) is 8.18. The number of halogens is 1. The van der Waals surface area contributed by atoms with Crippen molar-refractivity contribution in [2.75, 3.05) is 18.5 Å². The number of nitrogens with zero attached hydrogens (tertiary/aromatic N) is 1. The average molecular weight is 340 g/mol. The highest BCUT2D eigenvalue weighted by Gasteiger charge is 2.34. The van der Waals surface area contributed by atoms with Crippen LogP contribution >= 0.6 is 15.9 Å². The zero-order valence-electron chi connectivity index (χ0n) is 12.1. The van der Waals surface area contributed by atoms with E-state index in [1.54, 1.807) is 0 Å². The summed E-state index contributed by atoms with van der Waals surface area (Å²) >= 11 is 3.46. The smallest absolute Gasteiger partial charge is 0.234 e. The Morgan fingerprint density at radius 2 is 2.10 bits per heavy atom. The van der Waals surface area contributed by atoms with Gasteiger partial charge in [-0.1, -0.05) is 48.0 Å². The first-order valence-corrected chi connectivity index (χ1v) is 8.43. The van der Waals surface area contributed by atoms with Gasteiger partial charge in [-0.05, 0) is 18.9 Å². The summed E-state index contributed by atoms with van der Waals surface area (Å²) in [5.74, 6) is 0.906. The predicted molar refractivity (Wildman–Crippen MR) is 84.6 cm³/mol. The number of para-hydroxylation sites is 1. The number of benzene rings is 1. The maximum Gasteiger partial charge on any atom is 0.234 e. The number of fused-ring (bicyclic) bond motifs is 1. The Balaban J connectivity index is 2.20. The summed E-state index contributed by atoms with van der Waals surface area (Å²) in [4.78, 5) is 14.9. The highest BCUT2D eigenvalue weighted by molar-refractivity contribution is 9.09. The fourth-order valence-corrected chi connectivity index (χ4v) is 3.24. The van der Waals surface area contributed by atoms with Crippen molar-refractivity contribution in [1.29, 1.82) is 0 Å². The average Bonchev–Trinajstić information content (AvgIpc) is 2.91. The number of hydrogen-bond donors (Lipinski definition) is 0. The van der Waals surface area contributed by atoms with E-state index in [0.29, 0.717) is 12.6 Å². The Hall–Kier alpha value is -1.03. The predicted octanol–water partition coefficient (Wildman–Crippen LogP) is 3.57. The number of hydrogen-bond acceptors (Lipinski definition) is 2. The van der Waals surface area contributed by atoms with Gasteiger partial charge in [0.2, 0.25) is 5.91 Å². The van der Waals surface area contributed by atoms with E-state index < -0.39 is 0 Å². The third-order valence-corrected chi connectivity index (χ3v) is 4.34. The second-order valence-corrected chi connectivity index (χ2v) is 5.89. The van der Waals surface area contributed by atoms with Crippen molar-refractivity contribution in [2.45, 2.75) is 38.6 Å². The summed E-state index contributed by atoms with van der Waals surface area (Å²) in [5.41, 5.74) is 1.03. The fourth-order valence-electron chi connectivity index (χ4n) is 2.86. The molecule has 0 aromatic heterocycles. The number of amides is 1. The lowest BCUT2D eigenvalue weighted by molar-refractivity contribution is -0.135. The first kappa shape index (κ1) is 15.4. The molecule has 1 aromatic carbocycles. The van der Waals surface area contributed by atoms with Gasteiger partial charge in [0.25, 0.3) is 0 Å². The number of alkyl halides is 1. The van der Waals surface area contributed by atoms with Gasteiger partial charge in [0.15, 0.2) is 0 Å². The van der Waals surface area contributed by atoms with Gasteiger partial charge in [-0.25, -0.2) is 0 Å². The first-order chi connectivity index (χ1) is 9.72. The minimum atomic E-state index is -0.147. The van der Waals surface area contributed by atoms with Crippen molar-refractivity contribution < 1.29 is 9.53 Å². The Morgan fingerprint density at radius 3 is 2.75 bits per heavy atom. The van der Waals surface area contributed by atoms with E-state index in [1.807, 2.05) is 29.2 Å². The zero-order valence-corrected chi connectivity index (χ0v) is 13.7. The van der Waals surface area contributed by atoms with Crippen molar-refractivity contribution in [1.82, 2.24) is 4.90 Å². The molecule has 0 saturated heterocycles. The van der Waals surface area contributed by atoms with E-state index >= 15 is 0 Å². The Kier molecular flexibility index (Phi) is 5.46. The Morgan fingerprint density at radius 1 is 1.40 bits per heavy atom. The van der Waals surface area contributed by atoms with Gasteiger partial charge >= 0.3 is 0 Å². The van der Waals surface area contributed by atoms with Crippen LogP contribution < -0.4 is 4.74 Å². The number of carbonyl (C=O) groups is 1. The molecule has 1 aliphatic heterocycles. The first-order valence-electron chi connectivity index (χ1n) is 7.31. The van der Waals surface area contributed by atoms with E-state index in [1.165, 1.54) is 0 Å². The molecule has 1 aliphatic rings. The molecular formula is C16H22BrNO2. The standard InChI is InChI=1S/C16H22BrNO2/c1-3-12(4-2)18(10-9-17)16(19)14-11-20-15-8-6-5-7-13(14)15/h5-8,12,14H,3-4,9-11H2,1-2H3. The molecule has 110 valence electrons. The largest absolute Gasteiger partial charge is 0.492 e. The lowest BCUT2D eigenvalue weighted by atomic mass is 9.98. The fraction of sp³-hybridized carbons (Fsp3) is 0.562. The second kappa shape index (κ2) is 7.11. The van der Waals surface area contributed by atoms with Crippen molar-refractivity contribution in [3.05, 3.63) is 29.8 Å². The summed E-state index contributed by atoms with van der Waals surface area (Å²) < 4.78 is 5.65. The number of carbonyl (C=O) groups excluding carboxylic acids is 1. The molecule has 4 heteroatoms. The summed E-state index contributed by atoms with van der Waals surface area (Å²) in [7, 11) is 0. The van der Waals surface area contributed by atoms with Crippen LogP contribution in [-0.2, 0) is 4.79 Å². The van der Waals surface area contributed by atoms with Gasteiger partial charge in [-0.15, -0.1) is 0 Å². The second-order valence-electron chi connectivity index (χ2n) is 5.09. The molecule has 0 fully saturated rings. The quantitative estimate of drug-likeness (QED) is 0.741. The molecule has 0 spiro atoms. The molecule has 20 heavy (non-hydrogen) atoms. The normalized spacial score (nSPS) is 16.9. The Bertz CT molecular complexity index is 460. The van der Waals surface area contributed by atoms with Gasteiger partial charge in [-0.2, -0.15) is 0 Å². The third kappa shape index (κ3) is 3.00. The molecule has 0 aliphatic carbocycles. The molecule has 3 nitrogen and oxygen atoms in total. The molecule has 0 radical (unpaired) electrons. The molecule has 1 amide bonds. The van der Waals surface area contributed by atoms with Gasteiger partial charge < -0.3 is 9.64 Å². The number of rotatable bonds is 6. The van der Waals surface area contributed by atoms with E-state index in [9.17, 15) is 4.79 Å². The van der Waals surface area contributed by atoms with E-state index in [4.69, 9.17) is 4.74 Å². The summed E-state index contributed by atoms with van der Waals surface area (Å²) in [6.45, 7) is 5.50. The van der Waals surface area contributed by atoms with Crippen LogP contribution in [0.2, 0.25) is 0 Å². The van der Waals surface area contributed by atoms with Crippen LogP contribution in [0, 0.1) is 0 Å². The molecular weight excluding hydrogens is 318 g/mol. The van der Waals surface area contributed by atoms with Crippen LogP contribution in [-0.4, -0.2) is 35.3 Å². The SMILES string of the molecule is CCC(CC)N(CCBr)C(=O)C1COc2ccccc21. The highest BCUT2D eigenvalue weighted by Crippen LogP contribution is 2.35. The molecule has 0 saturated carbocycles. The molecule has 0 bridgehead atoms. The van der Waals surface area contributed by atoms with E-state index in [2.05, 4.69) is 29.8 Å². The van der Waals surface area contributed by atoms with Gasteiger partial charge in [0.1, 0.15) is 18.3 Å². The van der Waals surface area contributed by atoms with Gasteiger partial charge in [0.05, 0.1) is 0 Å². The van der Waals surface area contributed by atoms with E-state index in [0.717, 1.165) is 36.0 Å². The van der Waals surface area contributed by atoms with Crippen molar-refractivity contribution in [2.24, 2.45) is 0 Å². The minimum Gasteiger partial charge on any atom is -0.492 e. The van der Waals surface area contributed by atoms with Crippen molar-refractivity contribution in [3.8, 4) is 5.75 Å². The van der Waals surface area contributed by atoms with Crippen LogP contribution in [0.15, 0.2) is 24.3 Å². The lowest BCUT2D eigenvalue weighted by Gasteiger charge is -2.32. The summed E-state index contributed by atoms with van der Waals surface area (Å²) in [6.07, 6.45) is 1.98. The van der Waals surface area contributed by atoms with Crippen molar-refractivity contribution >= 4 is 21.8 Å². The molecule has 0 N–H and O–H groups in total. The molecule has 2 rings (SSSR count). The zero-order chi connectivity index (χ0) is 14.5. The van der Waals surface area contributed by atoms with Crippen LogP contribution in [0.25, 0.3) is 0 Å². The van der Waals surface area contributed by atoms with Crippen molar-refractivity contribution in [3.63, 3.8) is 0 Å². The lowest BCUT2D eigenvalue weighted by Crippen LogP contribution is -2.43. The van der Waals surface area contributed by atoms with Crippen LogP contribution in [0.5, 0.6) is 5.75 Å². The van der Waals surface area contributed by atoms with Gasteiger partial charge in [-0.3, -0.25) is 4.79 Å². The molecule has 1 heterocycles. The van der Waals surface area contributed by atoms with Crippen LogP contribution in [0.1, 0.15) is 38.2 Å². The molecule has 1 unspecified atom stereocenters. The highest BCUT2D eigenvalue weighted by atomic mass is 79.9. The maximum atomic E-state index is 12.9. The van der Waals surface area contributed by atoms with Gasteiger partial charge in [0, 0.05) is 23.5 Å². The molecule has 1 aromatic rings.